The molecule has 0 saturated carbocycles. The van der Waals surface area contributed by atoms with Crippen LogP contribution in [0.1, 0.15) is 89.9 Å². The predicted molar refractivity (Wildman–Crippen MR) is 187 cm³/mol. The maximum Gasteiger partial charge on any atom is 0.337 e. The molecule has 8 heteroatoms. The molecular weight excluding hydrogens is 626 g/mol. The Labute approximate surface area is 281 Å². The summed E-state index contributed by atoms with van der Waals surface area (Å²) in [5, 5.41) is 0. The van der Waals surface area contributed by atoms with E-state index in [-0.39, 0.29) is 23.0 Å². The SMILES string of the molecule is CC1(C)OP(OC2(OP3O[C@@H](c4ccccc4)C(C)(C)C(C)(C)O3)c3ccccc3-c3ccccc32)O[C@@H](c2ccccc2)C1(C)C. The zero-order valence-electron chi connectivity index (χ0n) is 28.4. The van der Waals surface area contributed by atoms with Crippen molar-refractivity contribution in [1.29, 1.82) is 0 Å². The van der Waals surface area contributed by atoms with Crippen molar-refractivity contribution in [2.45, 2.75) is 84.6 Å². The highest BCUT2D eigenvalue weighted by Crippen LogP contribution is 2.71. The third kappa shape index (κ3) is 5.43. The van der Waals surface area contributed by atoms with Gasteiger partial charge in [-0.1, -0.05) is 137 Å². The van der Waals surface area contributed by atoms with E-state index in [9.17, 15) is 0 Å². The average molecular weight is 671 g/mol. The van der Waals surface area contributed by atoms with E-state index in [2.05, 4.69) is 104 Å². The first kappa shape index (κ1) is 33.0. The summed E-state index contributed by atoms with van der Waals surface area (Å²) in [6.45, 7) is 17.2. The number of benzene rings is 4. The van der Waals surface area contributed by atoms with Gasteiger partial charge in [-0.2, -0.15) is 0 Å². The number of hydrogen-bond acceptors (Lipinski definition) is 6. The number of fused-ring (bicyclic) bond motifs is 3. The molecule has 4 atom stereocenters. The van der Waals surface area contributed by atoms with Gasteiger partial charge in [0.15, 0.2) is 0 Å². The van der Waals surface area contributed by atoms with Crippen LogP contribution in [0.15, 0.2) is 109 Å². The zero-order chi connectivity index (χ0) is 33.2. The Balaban J connectivity index is 1.33. The molecule has 2 fully saturated rings. The molecule has 47 heavy (non-hydrogen) atoms. The summed E-state index contributed by atoms with van der Waals surface area (Å²) >= 11 is 0. The van der Waals surface area contributed by atoms with Gasteiger partial charge >= 0.3 is 17.2 Å². The fourth-order valence-electron chi connectivity index (χ4n) is 6.59. The molecule has 4 aromatic rings. The molecule has 2 aliphatic heterocycles. The van der Waals surface area contributed by atoms with Crippen LogP contribution < -0.4 is 0 Å². The molecule has 7 rings (SSSR count). The van der Waals surface area contributed by atoms with E-state index in [4.69, 9.17) is 27.1 Å². The molecule has 0 spiro atoms. The van der Waals surface area contributed by atoms with Gasteiger partial charge < -0.3 is 18.1 Å². The van der Waals surface area contributed by atoms with E-state index < -0.39 is 34.2 Å². The molecule has 3 aliphatic rings. The quantitative estimate of drug-likeness (QED) is 0.150. The Kier molecular flexibility index (Phi) is 8.31. The smallest absolute Gasteiger partial charge is 0.305 e. The molecule has 2 unspecified atom stereocenters. The number of rotatable bonds is 6. The van der Waals surface area contributed by atoms with Crippen LogP contribution in [0.3, 0.4) is 0 Å². The van der Waals surface area contributed by atoms with Crippen molar-refractivity contribution in [3.05, 3.63) is 131 Å². The number of hydrogen-bond donors (Lipinski definition) is 0. The molecule has 0 N–H and O–H groups in total. The van der Waals surface area contributed by atoms with Crippen molar-refractivity contribution in [3.63, 3.8) is 0 Å². The van der Waals surface area contributed by atoms with Crippen molar-refractivity contribution in [3.8, 4) is 11.1 Å². The van der Waals surface area contributed by atoms with Crippen molar-refractivity contribution >= 4 is 17.2 Å². The van der Waals surface area contributed by atoms with Crippen LogP contribution in [0, 0.1) is 10.8 Å². The summed E-state index contributed by atoms with van der Waals surface area (Å²) in [5.74, 6) is -1.41. The zero-order valence-corrected chi connectivity index (χ0v) is 30.2. The molecule has 0 bridgehead atoms. The Hall–Kier alpha value is -2.50. The molecule has 246 valence electrons. The van der Waals surface area contributed by atoms with Crippen molar-refractivity contribution in [2.24, 2.45) is 10.8 Å². The van der Waals surface area contributed by atoms with Crippen LogP contribution in [-0.4, -0.2) is 11.2 Å². The molecule has 6 nitrogen and oxygen atoms in total. The molecule has 2 heterocycles. The first-order valence-electron chi connectivity index (χ1n) is 16.3. The Morgan fingerprint density at radius 2 is 0.809 bits per heavy atom. The second kappa shape index (κ2) is 11.8. The minimum absolute atomic E-state index is 0.280. The Morgan fingerprint density at radius 1 is 0.468 bits per heavy atom. The molecule has 4 aromatic carbocycles. The molecular formula is C39H44O6P2. The van der Waals surface area contributed by atoms with Gasteiger partial charge in [0, 0.05) is 22.0 Å². The van der Waals surface area contributed by atoms with Gasteiger partial charge in [0.25, 0.3) is 0 Å². The van der Waals surface area contributed by atoms with Gasteiger partial charge in [0.05, 0.1) is 23.4 Å². The van der Waals surface area contributed by atoms with Crippen molar-refractivity contribution in [2.75, 3.05) is 0 Å². The molecule has 1 aliphatic carbocycles. The molecule has 0 amide bonds. The highest BCUT2D eigenvalue weighted by molar-refractivity contribution is 7.42. The summed E-state index contributed by atoms with van der Waals surface area (Å²) in [6, 6.07) is 37.1. The van der Waals surface area contributed by atoms with E-state index in [1.165, 1.54) is 0 Å². The second-order valence-electron chi connectivity index (χ2n) is 14.8. The first-order chi connectivity index (χ1) is 22.3. The average Bonchev–Trinajstić information content (AvgIpc) is 3.30. The summed E-state index contributed by atoms with van der Waals surface area (Å²) in [6.07, 6.45) is -0.560. The van der Waals surface area contributed by atoms with Crippen LogP contribution in [0.5, 0.6) is 0 Å². The molecule has 0 radical (unpaired) electrons. The van der Waals surface area contributed by atoms with Crippen molar-refractivity contribution < 1.29 is 27.1 Å². The van der Waals surface area contributed by atoms with Crippen LogP contribution in [0.2, 0.25) is 0 Å². The van der Waals surface area contributed by atoms with E-state index in [1.54, 1.807) is 0 Å². The third-order valence-electron chi connectivity index (χ3n) is 10.9. The van der Waals surface area contributed by atoms with Gasteiger partial charge in [-0.3, -0.25) is 9.05 Å². The van der Waals surface area contributed by atoms with Crippen LogP contribution >= 0.6 is 17.2 Å². The normalized spacial score (nSPS) is 27.8. The van der Waals surface area contributed by atoms with Gasteiger partial charge in [-0.15, -0.1) is 0 Å². The fraction of sp³-hybridized carbons (Fsp3) is 0.385. The largest absolute Gasteiger partial charge is 0.337 e. The summed E-state index contributed by atoms with van der Waals surface area (Å²) < 4.78 is 41.7. The monoisotopic (exact) mass is 670 g/mol. The third-order valence-corrected chi connectivity index (χ3v) is 13.7. The predicted octanol–water partition coefficient (Wildman–Crippen LogP) is 11.5. The first-order valence-corrected chi connectivity index (χ1v) is 18.5. The summed E-state index contributed by atoms with van der Waals surface area (Å²) in [4.78, 5) is 0. The summed E-state index contributed by atoms with van der Waals surface area (Å²) in [5.41, 5.74) is 4.01. The lowest BCUT2D eigenvalue weighted by atomic mass is 9.71. The molecule has 2 saturated heterocycles. The van der Waals surface area contributed by atoms with E-state index in [0.717, 1.165) is 33.4 Å². The molecule has 0 aromatic heterocycles. The van der Waals surface area contributed by atoms with Gasteiger partial charge in [-0.05, 0) is 49.9 Å². The van der Waals surface area contributed by atoms with Crippen LogP contribution in [0.4, 0.5) is 0 Å². The standard InChI is InChI=1S/C39H44O6P2/c1-35(2)33(27-19-11-9-12-20-27)40-46(42-37(35,5)6)44-39(31-25-17-15-23-29(31)30-24-16-18-26-32(30)39)45-47-41-34(28-21-13-10-14-22-28)36(3,4)38(7,8)43-47/h9-26,33-34H,1-8H3/t33-,34-,46?,47?/m0/s1. The Morgan fingerprint density at radius 3 is 1.19 bits per heavy atom. The lowest BCUT2D eigenvalue weighted by molar-refractivity contribution is -0.186. The Bertz CT molecular complexity index is 1610. The highest BCUT2D eigenvalue weighted by Gasteiger charge is 2.60. The van der Waals surface area contributed by atoms with Crippen LogP contribution in [-0.2, 0) is 32.9 Å². The van der Waals surface area contributed by atoms with Gasteiger partial charge in [0.2, 0.25) is 5.79 Å². The van der Waals surface area contributed by atoms with Crippen molar-refractivity contribution in [1.82, 2.24) is 0 Å². The summed E-state index contributed by atoms with van der Waals surface area (Å²) in [7, 11) is -3.88. The van der Waals surface area contributed by atoms with Gasteiger partial charge in [-0.25, -0.2) is 0 Å². The van der Waals surface area contributed by atoms with Gasteiger partial charge in [0.1, 0.15) is 0 Å². The van der Waals surface area contributed by atoms with Crippen LogP contribution in [0.25, 0.3) is 11.1 Å². The van der Waals surface area contributed by atoms with E-state index in [0.29, 0.717) is 0 Å². The lowest BCUT2D eigenvalue weighted by Crippen LogP contribution is -2.50. The minimum atomic E-state index is -1.94. The topological polar surface area (TPSA) is 55.4 Å². The maximum atomic E-state index is 7.19. The maximum absolute atomic E-state index is 7.19. The van der Waals surface area contributed by atoms with E-state index >= 15 is 0 Å². The second-order valence-corrected chi connectivity index (χ2v) is 16.8. The minimum Gasteiger partial charge on any atom is -0.305 e. The fourth-order valence-corrected chi connectivity index (χ4v) is 10.1. The van der Waals surface area contributed by atoms with E-state index in [1.807, 2.05) is 60.7 Å². The highest BCUT2D eigenvalue weighted by atomic mass is 31.2. The lowest BCUT2D eigenvalue weighted by Gasteiger charge is -2.54.